The van der Waals surface area contributed by atoms with Crippen molar-refractivity contribution < 1.29 is 9.47 Å². The Morgan fingerprint density at radius 2 is 1.65 bits per heavy atom. The standard InChI is InChI=1S/C12H19N3O5/c1-12(7-20-8-12)6-19-5-4-15-10(17)13(2)9(16)14(3)11(15)18/h4-8H2,1-3H3. The minimum Gasteiger partial charge on any atom is -0.380 e. The number of hydrogen-bond donors (Lipinski definition) is 0. The molecule has 1 aliphatic heterocycles. The van der Waals surface area contributed by atoms with Gasteiger partial charge in [-0.15, -0.1) is 0 Å². The normalized spacial score (nSPS) is 16.9. The monoisotopic (exact) mass is 285 g/mol. The Hall–Kier alpha value is -1.67. The smallest absolute Gasteiger partial charge is 0.336 e. The van der Waals surface area contributed by atoms with E-state index in [1.165, 1.54) is 14.1 Å². The molecule has 1 aromatic rings. The van der Waals surface area contributed by atoms with E-state index in [9.17, 15) is 14.4 Å². The van der Waals surface area contributed by atoms with Crippen LogP contribution in [0.4, 0.5) is 0 Å². The molecule has 20 heavy (non-hydrogen) atoms. The molecule has 0 aromatic carbocycles. The number of hydrogen-bond acceptors (Lipinski definition) is 5. The molecule has 0 spiro atoms. The van der Waals surface area contributed by atoms with Gasteiger partial charge in [-0.2, -0.15) is 0 Å². The number of aromatic nitrogens is 3. The van der Waals surface area contributed by atoms with Crippen LogP contribution >= 0.6 is 0 Å². The van der Waals surface area contributed by atoms with Crippen molar-refractivity contribution in [1.82, 2.24) is 13.7 Å². The lowest BCUT2D eigenvalue weighted by Crippen LogP contribution is -2.53. The van der Waals surface area contributed by atoms with Gasteiger partial charge < -0.3 is 9.47 Å². The van der Waals surface area contributed by atoms with Gasteiger partial charge in [0.15, 0.2) is 0 Å². The Kier molecular flexibility index (Phi) is 3.96. The van der Waals surface area contributed by atoms with Crippen molar-refractivity contribution in [1.29, 1.82) is 0 Å². The summed E-state index contributed by atoms with van der Waals surface area (Å²) < 4.78 is 13.4. The van der Waals surface area contributed by atoms with Crippen molar-refractivity contribution in [3.8, 4) is 0 Å². The maximum absolute atomic E-state index is 11.9. The Bertz CT molecular complexity index is 625. The van der Waals surface area contributed by atoms with Crippen LogP contribution in [-0.4, -0.2) is 40.1 Å². The molecule has 112 valence electrons. The van der Waals surface area contributed by atoms with Crippen LogP contribution in [0.25, 0.3) is 0 Å². The Morgan fingerprint density at radius 3 is 2.10 bits per heavy atom. The van der Waals surface area contributed by atoms with E-state index in [0.717, 1.165) is 13.7 Å². The van der Waals surface area contributed by atoms with Gasteiger partial charge in [-0.1, -0.05) is 6.92 Å². The molecule has 0 radical (unpaired) electrons. The molecule has 1 aliphatic rings. The molecule has 8 heteroatoms. The molecular formula is C12H19N3O5. The molecule has 2 heterocycles. The topological polar surface area (TPSA) is 84.5 Å². The van der Waals surface area contributed by atoms with Gasteiger partial charge >= 0.3 is 17.1 Å². The first-order valence-electron chi connectivity index (χ1n) is 6.38. The fraction of sp³-hybridized carbons (Fsp3) is 0.750. The molecule has 0 saturated carbocycles. The molecule has 1 fully saturated rings. The van der Waals surface area contributed by atoms with Gasteiger partial charge in [0.1, 0.15) is 0 Å². The molecule has 2 rings (SSSR count). The van der Waals surface area contributed by atoms with E-state index in [0.29, 0.717) is 19.8 Å². The van der Waals surface area contributed by atoms with E-state index < -0.39 is 17.1 Å². The van der Waals surface area contributed by atoms with Crippen molar-refractivity contribution in [2.75, 3.05) is 26.4 Å². The highest BCUT2D eigenvalue weighted by atomic mass is 16.5. The molecule has 0 unspecified atom stereocenters. The zero-order valence-corrected chi connectivity index (χ0v) is 11.9. The largest absolute Gasteiger partial charge is 0.380 e. The van der Waals surface area contributed by atoms with Crippen molar-refractivity contribution in [2.24, 2.45) is 19.5 Å². The Balaban J connectivity index is 2.05. The highest BCUT2D eigenvalue weighted by Crippen LogP contribution is 2.26. The molecule has 0 bridgehead atoms. The van der Waals surface area contributed by atoms with E-state index in [-0.39, 0.29) is 18.6 Å². The van der Waals surface area contributed by atoms with E-state index in [1.807, 2.05) is 6.92 Å². The Labute approximate surface area is 115 Å². The number of ether oxygens (including phenoxy) is 2. The summed E-state index contributed by atoms with van der Waals surface area (Å²) in [6.45, 7) is 4.25. The highest BCUT2D eigenvalue weighted by molar-refractivity contribution is 4.80. The molecule has 0 aliphatic carbocycles. The average Bonchev–Trinajstić information content (AvgIpc) is 2.40. The van der Waals surface area contributed by atoms with Crippen LogP contribution in [0.2, 0.25) is 0 Å². The number of nitrogens with zero attached hydrogens (tertiary/aromatic N) is 3. The summed E-state index contributed by atoms with van der Waals surface area (Å²) in [4.78, 5) is 35.3. The fourth-order valence-corrected chi connectivity index (χ4v) is 2.03. The average molecular weight is 285 g/mol. The molecular weight excluding hydrogens is 266 g/mol. The van der Waals surface area contributed by atoms with Crippen molar-refractivity contribution in [2.45, 2.75) is 13.5 Å². The van der Waals surface area contributed by atoms with Gasteiger partial charge in [-0.3, -0.25) is 0 Å². The molecule has 1 saturated heterocycles. The summed E-state index contributed by atoms with van der Waals surface area (Å²) in [6, 6.07) is 0. The quantitative estimate of drug-likeness (QED) is 0.602. The zero-order valence-electron chi connectivity index (χ0n) is 11.9. The summed E-state index contributed by atoms with van der Waals surface area (Å²) in [7, 11) is 2.68. The van der Waals surface area contributed by atoms with Crippen molar-refractivity contribution in [3.05, 3.63) is 31.5 Å². The van der Waals surface area contributed by atoms with Crippen LogP contribution in [0, 0.1) is 5.41 Å². The maximum atomic E-state index is 11.9. The summed E-state index contributed by atoms with van der Waals surface area (Å²) in [5.74, 6) is 0. The second kappa shape index (κ2) is 5.37. The van der Waals surface area contributed by atoms with Crippen LogP contribution in [0.3, 0.4) is 0 Å². The third-order valence-electron chi connectivity index (χ3n) is 3.42. The molecule has 0 N–H and O–H groups in total. The Morgan fingerprint density at radius 1 is 1.10 bits per heavy atom. The first-order valence-corrected chi connectivity index (χ1v) is 6.38. The van der Waals surface area contributed by atoms with E-state index in [1.54, 1.807) is 0 Å². The van der Waals surface area contributed by atoms with Gasteiger partial charge in [-0.05, 0) is 0 Å². The zero-order chi connectivity index (χ0) is 14.9. The van der Waals surface area contributed by atoms with Crippen molar-refractivity contribution >= 4 is 0 Å². The second-order valence-corrected chi connectivity index (χ2v) is 5.47. The predicted molar refractivity (Wildman–Crippen MR) is 70.9 cm³/mol. The van der Waals surface area contributed by atoms with E-state index in [2.05, 4.69) is 0 Å². The lowest BCUT2D eigenvalue weighted by Gasteiger charge is -2.37. The van der Waals surface area contributed by atoms with E-state index in [4.69, 9.17) is 9.47 Å². The summed E-state index contributed by atoms with van der Waals surface area (Å²) in [6.07, 6.45) is 0. The third kappa shape index (κ3) is 2.61. The van der Waals surface area contributed by atoms with Crippen molar-refractivity contribution in [3.63, 3.8) is 0 Å². The van der Waals surface area contributed by atoms with Crippen LogP contribution in [0.1, 0.15) is 6.92 Å². The van der Waals surface area contributed by atoms with Gasteiger partial charge in [0, 0.05) is 19.5 Å². The van der Waals surface area contributed by atoms with Gasteiger partial charge in [0.2, 0.25) is 0 Å². The SMILES string of the molecule is Cn1c(=O)n(C)c(=O)n(CCOCC2(C)COC2)c1=O. The molecule has 8 nitrogen and oxygen atoms in total. The molecule has 0 atom stereocenters. The molecule has 1 aromatic heterocycles. The summed E-state index contributed by atoms with van der Waals surface area (Å²) in [5.41, 5.74) is -1.85. The summed E-state index contributed by atoms with van der Waals surface area (Å²) in [5, 5.41) is 0. The summed E-state index contributed by atoms with van der Waals surface area (Å²) >= 11 is 0. The van der Waals surface area contributed by atoms with Crippen LogP contribution in [0.15, 0.2) is 14.4 Å². The van der Waals surface area contributed by atoms with E-state index >= 15 is 0 Å². The first-order chi connectivity index (χ1) is 9.36. The fourth-order valence-electron chi connectivity index (χ4n) is 2.03. The lowest BCUT2D eigenvalue weighted by atomic mass is 9.90. The minimum atomic E-state index is -0.628. The minimum absolute atomic E-state index is 0.0272. The molecule has 0 amide bonds. The first kappa shape index (κ1) is 14.7. The predicted octanol–water partition coefficient (Wildman–Crippen LogP) is -1.70. The van der Waals surface area contributed by atoms with Crippen LogP contribution < -0.4 is 17.1 Å². The van der Waals surface area contributed by atoms with Crippen LogP contribution in [0.5, 0.6) is 0 Å². The lowest BCUT2D eigenvalue weighted by molar-refractivity contribution is -0.138. The third-order valence-corrected chi connectivity index (χ3v) is 3.42. The van der Waals surface area contributed by atoms with Crippen LogP contribution in [-0.2, 0) is 30.1 Å². The number of rotatable bonds is 5. The maximum Gasteiger partial charge on any atom is 0.336 e. The highest BCUT2D eigenvalue weighted by Gasteiger charge is 2.33. The van der Waals surface area contributed by atoms with Gasteiger partial charge in [-0.25, -0.2) is 28.1 Å². The van der Waals surface area contributed by atoms with Gasteiger partial charge in [0.25, 0.3) is 0 Å². The van der Waals surface area contributed by atoms with Gasteiger partial charge in [0.05, 0.1) is 33.0 Å². The second-order valence-electron chi connectivity index (χ2n) is 5.47.